The van der Waals surface area contributed by atoms with Gasteiger partial charge in [-0.15, -0.1) is 0 Å². The highest BCUT2D eigenvalue weighted by Gasteiger charge is 2.12. The van der Waals surface area contributed by atoms with Crippen molar-refractivity contribution in [2.75, 3.05) is 12.4 Å². The predicted octanol–water partition coefficient (Wildman–Crippen LogP) is 4.41. The molecule has 23 heavy (non-hydrogen) atoms. The Balaban J connectivity index is 2.04. The minimum absolute atomic E-state index is 0.0237. The van der Waals surface area contributed by atoms with Gasteiger partial charge >= 0.3 is 0 Å². The molecule has 6 heteroatoms. The summed E-state index contributed by atoms with van der Waals surface area (Å²) >= 11 is 5.21. The topological polar surface area (TPSA) is 33.3 Å². The number of thiocarbonyl (C=S) groups is 1. The Kier molecular flexibility index (Phi) is 5.87. The third kappa shape index (κ3) is 4.63. The average Bonchev–Trinajstić information content (AvgIpc) is 2.55. The maximum atomic E-state index is 13.6. The number of halogens is 2. The van der Waals surface area contributed by atoms with E-state index in [0.29, 0.717) is 0 Å². The van der Waals surface area contributed by atoms with E-state index in [2.05, 4.69) is 10.6 Å². The lowest BCUT2D eigenvalue weighted by atomic mass is 10.0. The molecule has 0 saturated heterocycles. The van der Waals surface area contributed by atoms with Gasteiger partial charge in [0.15, 0.2) is 5.11 Å². The Hall–Kier alpha value is -2.21. The molecular weight excluding hydrogens is 318 g/mol. The zero-order valence-electron chi connectivity index (χ0n) is 12.9. The molecule has 2 aromatic carbocycles. The van der Waals surface area contributed by atoms with Crippen molar-refractivity contribution < 1.29 is 13.5 Å². The van der Waals surface area contributed by atoms with Gasteiger partial charge in [-0.3, -0.25) is 0 Å². The minimum Gasteiger partial charge on any atom is -0.497 e. The van der Waals surface area contributed by atoms with Crippen LogP contribution in [0.4, 0.5) is 14.5 Å². The summed E-state index contributed by atoms with van der Waals surface area (Å²) in [5.74, 6) is -0.541. The highest BCUT2D eigenvalue weighted by Crippen LogP contribution is 2.21. The maximum Gasteiger partial charge on any atom is 0.171 e. The summed E-state index contributed by atoms with van der Waals surface area (Å²) in [4.78, 5) is 0. The highest BCUT2D eigenvalue weighted by atomic mass is 32.1. The van der Waals surface area contributed by atoms with Crippen molar-refractivity contribution in [1.82, 2.24) is 5.32 Å². The number of methoxy groups -OCH3 is 1. The van der Waals surface area contributed by atoms with E-state index >= 15 is 0 Å². The van der Waals surface area contributed by atoms with Crippen LogP contribution in [0.15, 0.2) is 42.5 Å². The quantitative estimate of drug-likeness (QED) is 0.793. The van der Waals surface area contributed by atoms with Gasteiger partial charge < -0.3 is 15.4 Å². The lowest BCUT2D eigenvalue weighted by Gasteiger charge is -2.20. The molecule has 0 fully saturated rings. The summed E-state index contributed by atoms with van der Waals surface area (Å²) < 4.78 is 31.7. The molecular formula is C17H18F2N2OS. The van der Waals surface area contributed by atoms with Crippen molar-refractivity contribution >= 4 is 23.0 Å². The highest BCUT2D eigenvalue weighted by molar-refractivity contribution is 7.80. The molecule has 0 bridgehead atoms. The van der Waals surface area contributed by atoms with E-state index in [0.717, 1.165) is 23.8 Å². The van der Waals surface area contributed by atoms with Gasteiger partial charge in [-0.1, -0.05) is 19.1 Å². The fourth-order valence-corrected chi connectivity index (χ4v) is 2.42. The SMILES string of the molecule is CCC(NC(=S)Nc1ccc(F)cc1F)c1ccc(OC)cc1. The Labute approximate surface area is 139 Å². The van der Waals surface area contributed by atoms with E-state index < -0.39 is 11.6 Å². The third-order valence-corrected chi connectivity index (χ3v) is 3.63. The van der Waals surface area contributed by atoms with Crippen LogP contribution in [-0.4, -0.2) is 12.2 Å². The summed E-state index contributed by atoms with van der Waals surface area (Å²) in [5.41, 5.74) is 1.17. The van der Waals surface area contributed by atoms with Gasteiger partial charge in [0, 0.05) is 6.07 Å². The van der Waals surface area contributed by atoms with Crippen LogP contribution in [0, 0.1) is 11.6 Å². The van der Waals surface area contributed by atoms with Crippen LogP contribution in [0.3, 0.4) is 0 Å². The fourth-order valence-electron chi connectivity index (χ4n) is 2.16. The second-order valence-electron chi connectivity index (χ2n) is 4.96. The standard InChI is InChI=1S/C17H18F2N2OS/c1-3-15(11-4-7-13(22-2)8-5-11)20-17(23)21-16-9-6-12(18)10-14(16)19/h4-10,15H,3H2,1-2H3,(H2,20,21,23). The summed E-state index contributed by atoms with van der Waals surface area (Å²) in [7, 11) is 1.61. The van der Waals surface area contributed by atoms with Crippen LogP contribution in [0.25, 0.3) is 0 Å². The first kappa shape index (κ1) is 17.1. The fraction of sp³-hybridized carbons (Fsp3) is 0.235. The Morgan fingerprint density at radius 1 is 1.17 bits per heavy atom. The number of hydrogen-bond donors (Lipinski definition) is 2. The second-order valence-corrected chi connectivity index (χ2v) is 5.36. The molecule has 0 aliphatic heterocycles. The van der Waals surface area contributed by atoms with Crippen molar-refractivity contribution in [3.05, 3.63) is 59.7 Å². The molecule has 2 rings (SSSR count). The van der Waals surface area contributed by atoms with Crippen LogP contribution in [0.1, 0.15) is 24.9 Å². The van der Waals surface area contributed by atoms with Crippen LogP contribution in [-0.2, 0) is 0 Å². The first-order valence-electron chi connectivity index (χ1n) is 7.20. The number of benzene rings is 2. The lowest BCUT2D eigenvalue weighted by molar-refractivity contribution is 0.414. The molecule has 1 unspecified atom stereocenters. The van der Waals surface area contributed by atoms with Crippen molar-refractivity contribution in [3.63, 3.8) is 0 Å². The molecule has 2 aromatic rings. The number of hydrogen-bond acceptors (Lipinski definition) is 2. The average molecular weight is 336 g/mol. The van der Waals surface area contributed by atoms with Crippen LogP contribution < -0.4 is 15.4 Å². The zero-order valence-corrected chi connectivity index (χ0v) is 13.7. The molecule has 1 atom stereocenters. The number of nitrogens with one attached hydrogen (secondary N) is 2. The molecule has 122 valence electrons. The maximum absolute atomic E-state index is 13.6. The van der Waals surface area contributed by atoms with Gasteiger partial charge in [-0.05, 0) is 48.5 Å². The van der Waals surface area contributed by atoms with Crippen molar-refractivity contribution in [2.45, 2.75) is 19.4 Å². The van der Waals surface area contributed by atoms with E-state index in [1.807, 2.05) is 31.2 Å². The van der Waals surface area contributed by atoms with Gasteiger partial charge in [-0.25, -0.2) is 8.78 Å². The molecule has 0 spiro atoms. The lowest BCUT2D eigenvalue weighted by Crippen LogP contribution is -2.32. The number of rotatable bonds is 5. The van der Waals surface area contributed by atoms with Gasteiger partial charge in [0.25, 0.3) is 0 Å². The molecule has 2 N–H and O–H groups in total. The van der Waals surface area contributed by atoms with Gasteiger partial charge in [0.2, 0.25) is 0 Å². The molecule has 0 saturated carbocycles. The predicted molar refractivity (Wildman–Crippen MR) is 91.7 cm³/mol. The van der Waals surface area contributed by atoms with E-state index in [4.69, 9.17) is 17.0 Å². The second kappa shape index (κ2) is 7.87. The number of anilines is 1. The van der Waals surface area contributed by atoms with Crippen molar-refractivity contribution in [1.29, 1.82) is 0 Å². The van der Waals surface area contributed by atoms with Gasteiger partial charge in [0.05, 0.1) is 18.8 Å². The normalized spacial score (nSPS) is 11.7. The first-order chi connectivity index (χ1) is 11.0. The molecule has 0 amide bonds. The van der Waals surface area contributed by atoms with E-state index in [1.54, 1.807) is 7.11 Å². The monoisotopic (exact) mass is 336 g/mol. The zero-order chi connectivity index (χ0) is 16.8. The van der Waals surface area contributed by atoms with E-state index in [-0.39, 0.29) is 16.8 Å². The number of ether oxygens (including phenoxy) is 1. The molecule has 0 heterocycles. The molecule has 0 aliphatic carbocycles. The Bertz CT molecular complexity index is 677. The summed E-state index contributed by atoms with van der Waals surface area (Å²) in [5, 5.41) is 6.15. The van der Waals surface area contributed by atoms with Gasteiger partial charge in [-0.2, -0.15) is 0 Å². The molecule has 3 nitrogen and oxygen atoms in total. The van der Waals surface area contributed by atoms with Gasteiger partial charge in [0.1, 0.15) is 17.4 Å². The first-order valence-corrected chi connectivity index (χ1v) is 7.60. The molecule has 0 radical (unpaired) electrons. The third-order valence-electron chi connectivity index (χ3n) is 3.41. The molecule has 0 aromatic heterocycles. The summed E-state index contributed by atoms with van der Waals surface area (Å²) in [6.45, 7) is 2.02. The van der Waals surface area contributed by atoms with Crippen molar-refractivity contribution in [2.24, 2.45) is 0 Å². The molecule has 0 aliphatic rings. The van der Waals surface area contributed by atoms with Crippen LogP contribution in [0.2, 0.25) is 0 Å². The smallest absolute Gasteiger partial charge is 0.171 e. The summed E-state index contributed by atoms with van der Waals surface area (Å²) in [6, 6.07) is 10.9. The van der Waals surface area contributed by atoms with Crippen molar-refractivity contribution in [3.8, 4) is 5.75 Å². The van der Waals surface area contributed by atoms with Crippen LogP contribution in [0.5, 0.6) is 5.75 Å². The Morgan fingerprint density at radius 3 is 2.43 bits per heavy atom. The largest absolute Gasteiger partial charge is 0.497 e. The summed E-state index contributed by atoms with van der Waals surface area (Å²) in [6.07, 6.45) is 0.792. The van der Waals surface area contributed by atoms with Crippen LogP contribution >= 0.6 is 12.2 Å². The Morgan fingerprint density at radius 2 is 1.87 bits per heavy atom. The van der Waals surface area contributed by atoms with E-state index in [1.165, 1.54) is 12.1 Å². The van der Waals surface area contributed by atoms with E-state index in [9.17, 15) is 8.78 Å². The minimum atomic E-state index is -0.688.